The summed E-state index contributed by atoms with van der Waals surface area (Å²) in [4.78, 5) is 16.6. The number of aryl methyl sites for hydroxylation is 2. The number of benzene rings is 1. The molecular formula is C20H32N6O. The van der Waals surface area contributed by atoms with Crippen LogP contribution in [0.15, 0.2) is 18.2 Å². The molecule has 0 saturated carbocycles. The summed E-state index contributed by atoms with van der Waals surface area (Å²) in [6.45, 7) is 11.2. The van der Waals surface area contributed by atoms with E-state index in [1.807, 2.05) is 38.2 Å². The molecule has 2 heterocycles. The largest absolute Gasteiger partial charge is 0.367 e. The van der Waals surface area contributed by atoms with Crippen LogP contribution >= 0.6 is 0 Å². The van der Waals surface area contributed by atoms with Crippen molar-refractivity contribution in [2.75, 3.05) is 18.4 Å². The van der Waals surface area contributed by atoms with E-state index in [9.17, 15) is 4.79 Å². The molecule has 7 heteroatoms. The third kappa shape index (κ3) is 4.18. The molecule has 148 valence electrons. The van der Waals surface area contributed by atoms with Crippen molar-refractivity contribution in [2.24, 2.45) is 5.41 Å². The number of anilines is 1. The fourth-order valence-electron chi connectivity index (χ4n) is 2.92. The molecule has 0 bridgehead atoms. The molecule has 2 N–H and O–H groups in total. The van der Waals surface area contributed by atoms with E-state index in [1.165, 1.54) is 5.56 Å². The van der Waals surface area contributed by atoms with Crippen LogP contribution in [-0.4, -0.2) is 38.6 Å². The minimum atomic E-state index is -0.344. The predicted molar refractivity (Wildman–Crippen MR) is 112 cm³/mol. The molecule has 7 nitrogen and oxygen atoms in total. The highest BCUT2D eigenvalue weighted by molar-refractivity contribution is 5.83. The lowest BCUT2D eigenvalue weighted by atomic mass is 9.96. The van der Waals surface area contributed by atoms with Gasteiger partial charge in [0.1, 0.15) is 5.82 Å². The Morgan fingerprint density at radius 1 is 1.15 bits per heavy atom. The van der Waals surface area contributed by atoms with E-state index in [0.717, 1.165) is 47.7 Å². The van der Waals surface area contributed by atoms with Gasteiger partial charge in [-0.2, -0.15) is 0 Å². The summed E-state index contributed by atoms with van der Waals surface area (Å²) in [5, 5.41) is 14.9. The highest BCUT2D eigenvalue weighted by Crippen LogP contribution is 2.22. The number of amides is 1. The van der Waals surface area contributed by atoms with Gasteiger partial charge in [0.05, 0.1) is 11.0 Å². The fourth-order valence-corrected chi connectivity index (χ4v) is 2.92. The predicted octanol–water partition coefficient (Wildman–Crippen LogP) is 3.74. The minimum Gasteiger partial charge on any atom is -0.367 e. The molecule has 1 amide bonds. The summed E-state index contributed by atoms with van der Waals surface area (Å²) in [5.41, 5.74) is 3.50. The number of aromatic nitrogens is 4. The molecule has 0 spiro atoms. The first kappa shape index (κ1) is 19.1. The van der Waals surface area contributed by atoms with Crippen LogP contribution in [0.1, 0.15) is 47.9 Å². The molecule has 0 aliphatic rings. The van der Waals surface area contributed by atoms with Crippen LogP contribution in [0, 0.1) is 19.3 Å². The smallest absolute Gasteiger partial charge is 0.225 e. The number of unbranched alkanes of at least 4 members (excludes halogenated alkanes) is 1. The molecule has 0 unspecified atom stereocenters. The van der Waals surface area contributed by atoms with E-state index in [-0.39, 0.29) is 14.2 Å². The summed E-state index contributed by atoms with van der Waals surface area (Å²) < 4.78 is 2.04. The van der Waals surface area contributed by atoms with E-state index >= 15 is 0 Å². The van der Waals surface area contributed by atoms with Crippen LogP contribution in [0.25, 0.3) is 16.7 Å². The molecular weight excluding hydrogens is 340 g/mol. The first-order valence-corrected chi connectivity index (χ1v) is 9.41. The number of nitrogens with zero attached hydrogens (tertiary/aromatic N) is 4. The quantitative estimate of drug-likeness (QED) is 0.644. The summed E-state index contributed by atoms with van der Waals surface area (Å²) in [7, 11) is 0. The van der Waals surface area contributed by atoms with Gasteiger partial charge >= 0.3 is 0 Å². The average molecular weight is 373 g/mol. The van der Waals surface area contributed by atoms with Crippen molar-refractivity contribution < 1.29 is 7.65 Å². The topological polar surface area (TPSA) is 84.2 Å². The lowest BCUT2D eigenvalue weighted by Crippen LogP contribution is -2.35. The van der Waals surface area contributed by atoms with Gasteiger partial charge in [-0.05, 0) is 44.4 Å². The van der Waals surface area contributed by atoms with Crippen LogP contribution in [0.3, 0.4) is 0 Å². The fraction of sp³-hybridized carbons (Fsp3) is 0.500. The van der Waals surface area contributed by atoms with Crippen LogP contribution in [-0.2, 0) is 4.79 Å². The van der Waals surface area contributed by atoms with Crippen molar-refractivity contribution in [2.45, 2.75) is 47.5 Å². The Morgan fingerprint density at radius 3 is 2.63 bits per heavy atom. The second-order valence-electron chi connectivity index (χ2n) is 8.00. The second kappa shape index (κ2) is 7.50. The minimum absolute atomic E-state index is 0. The molecule has 27 heavy (non-hydrogen) atoms. The number of hydrogen-bond acceptors (Lipinski definition) is 5. The average Bonchev–Trinajstić information content (AvgIpc) is 2.99. The zero-order valence-electron chi connectivity index (χ0n) is 16.8. The summed E-state index contributed by atoms with van der Waals surface area (Å²) in [6.07, 6.45) is 1.83. The third-order valence-corrected chi connectivity index (χ3v) is 4.50. The number of rotatable bonds is 6. The highest BCUT2D eigenvalue weighted by atomic mass is 16.2. The molecule has 3 aromatic rings. The van der Waals surface area contributed by atoms with E-state index in [0.29, 0.717) is 6.54 Å². The maximum atomic E-state index is 11.9. The number of carbonyl (C=O) groups excluding carboxylic acids is 1. The lowest BCUT2D eigenvalue weighted by molar-refractivity contribution is -0.128. The number of hydrogen-bond donors (Lipinski definition) is 2. The number of fused-ring (bicyclic) bond motifs is 3. The van der Waals surface area contributed by atoms with Crippen LogP contribution in [0.2, 0.25) is 0 Å². The summed E-state index contributed by atoms with van der Waals surface area (Å²) in [6, 6.07) is 6.19. The molecule has 0 aliphatic carbocycles. The van der Waals surface area contributed by atoms with Gasteiger partial charge in [-0.15, -0.1) is 10.2 Å². The van der Waals surface area contributed by atoms with Gasteiger partial charge < -0.3 is 10.6 Å². The first-order chi connectivity index (χ1) is 12.8. The van der Waals surface area contributed by atoms with Crippen LogP contribution < -0.4 is 10.6 Å². The Bertz CT molecular complexity index is 980. The van der Waals surface area contributed by atoms with E-state index in [2.05, 4.69) is 39.9 Å². The first-order valence-electron chi connectivity index (χ1n) is 9.41. The lowest BCUT2D eigenvalue weighted by Gasteiger charge is -2.17. The number of nitrogens with one attached hydrogen (secondary N) is 2. The SMILES string of the molecule is Cc1ccc2nc(NCCCCNC(=O)C(C)(C)C)c3nnc(C)n3c2c1.[HH].[HH]. The van der Waals surface area contributed by atoms with Gasteiger partial charge in [0.2, 0.25) is 11.6 Å². The maximum absolute atomic E-state index is 11.9. The van der Waals surface area contributed by atoms with E-state index < -0.39 is 0 Å². The zero-order valence-corrected chi connectivity index (χ0v) is 16.8. The Hall–Kier alpha value is -2.70. The van der Waals surface area contributed by atoms with Crippen molar-refractivity contribution in [1.82, 2.24) is 24.9 Å². The van der Waals surface area contributed by atoms with E-state index in [4.69, 9.17) is 4.98 Å². The van der Waals surface area contributed by atoms with Crippen molar-refractivity contribution >= 4 is 28.4 Å². The zero-order chi connectivity index (χ0) is 19.6. The van der Waals surface area contributed by atoms with Gasteiger partial charge in [0.15, 0.2) is 5.82 Å². The van der Waals surface area contributed by atoms with Crippen molar-refractivity contribution in [3.8, 4) is 0 Å². The molecule has 3 rings (SSSR count). The number of carbonyl (C=O) groups is 1. The standard InChI is InChI=1S/C20H28N6O.2H2/c1-13-8-9-15-16(12-13)26-14(2)24-25-18(26)17(23-15)21-10-6-7-11-22-19(27)20(3,4)5;;/h8-9,12H,6-7,10-11H2,1-5H3,(H,21,23)(H,22,27);2*1H. The second-order valence-corrected chi connectivity index (χ2v) is 8.00. The normalized spacial score (nSPS) is 11.9. The molecule has 0 aliphatic heterocycles. The Balaban J connectivity index is 0.00000210. The molecule has 0 fully saturated rings. The molecule has 0 radical (unpaired) electrons. The van der Waals surface area contributed by atoms with Crippen molar-refractivity contribution in [1.29, 1.82) is 0 Å². The Morgan fingerprint density at radius 2 is 1.89 bits per heavy atom. The molecule has 1 aromatic carbocycles. The van der Waals surface area contributed by atoms with Gasteiger partial charge in [0.25, 0.3) is 0 Å². The summed E-state index contributed by atoms with van der Waals surface area (Å²) >= 11 is 0. The van der Waals surface area contributed by atoms with Crippen LogP contribution in [0.5, 0.6) is 0 Å². The molecule has 2 aromatic heterocycles. The monoisotopic (exact) mass is 372 g/mol. The summed E-state index contributed by atoms with van der Waals surface area (Å²) in [5.74, 6) is 1.67. The van der Waals surface area contributed by atoms with Crippen LogP contribution in [0.4, 0.5) is 5.82 Å². The third-order valence-electron chi connectivity index (χ3n) is 4.50. The Labute approximate surface area is 162 Å². The highest BCUT2D eigenvalue weighted by Gasteiger charge is 2.20. The van der Waals surface area contributed by atoms with Gasteiger partial charge in [-0.1, -0.05) is 26.8 Å². The van der Waals surface area contributed by atoms with Gasteiger partial charge in [-0.25, -0.2) is 4.98 Å². The molecule has 0 atom stereocenters. The maximum Gasteiger partial charge on any atom is 0.225 e. The van der Waals surface area contributed by atoms with Crippen molar-refractivity contribution in [3.05, 3.63) is 29.6 Å². The van der Waals surface area contributed by atoms with Crippen molar-refractivity contribution in [3.63, 3.8) is 0 Å². The molecule has 0 saturated heterocycles. The Kier molecular flexibility index (Phi) is 5.30. The van der Waals surface area contributed by atoms with E-state index in [1.54, 1.807) is 0 Å². The van der Waals surface area contributed by atoms with Gasteiger partial charge in [-0.3, -0.25) is 9.20 Å². The van der Waals surface area contributed by atoms with Gasteiger partial charge in [0, 0.05) is 21.4 Å².